The molecule has 0 heterocycles. The molecule has 2 heteroatoms. The average Bonchev–Trinajstić information content (AvgIpc) is 2.63. The lowest BCUT2D eigenvalue weighted by molar-refractivity contribution is 0.126. The molecule has 0 unspecified atom stereocenters. The van der Waals surface area contributed by atoms with Crippen molar-refractivity contribution in [2.24, 2.45) is 0 Å². The first kappa shape index (κ1) is 15.3. The Balaban J connectivity index is 2.26. The van der Waals surface area contributed by atoms with Crippen LogP contribution in [0.15, 0.2) is 84.9 Å². The zero-order chi connectivity index (χ0) is 16.1. The third-order valence-electron chi connectivity index (χ3n) is 4.07. The molecule has 2 N–H and O–H groups in total. The molecule has 0 atom stereocenters. The van der Waals surface area contributed by atoms with Crippen LogP contribution < -0.4 is 5.32 Å². The molecule has 3 rings (SSSR count). The fourth-order valence-electron chi connectivity index (χ4n) is 2.98. The molecule has 0 fully saturated rings. The van der Waals surface area contributed by atoms with Gasteiger partial charge in [-0.1, -0.05) is 78.9 Å². The van der Waals surface area contributed by atoms with Crippen molar-refractivity contribution in [3.05, 3.63) is 102 Å². The molecule has 3 aromatic carbocycles. The SMILES string of the molecule is CCNc1ccccc1C(O)(c1ccccc1)c1ccccc1. The Hall–Kier alpha value is -2.58. The van der Waals surface area contributed by atoms with Crippen LogP contribution in [-0.4, -0.2) is 11.7 Å². The molecule has 2 nitrogen and oxygen atoms in total. The number of rotatable bonds is 5. The van der Waals surface area contributed by atoms with Crippen molar-refractivity contribution >= 4 is 5.69 Å². The van der Waals surface area contributed by atoms with E-state index in [4.69, 9.17) is 0 Å². The molecule has 3 aromatic rings. The lowest BCUT2D eigenvalue weighted by atomic mass is 9.79. The van der Waals surface area contributed by atoms with Crippen LogP contribution in [0.5, 0.6) is 0 Å². The Bertz CT molecular complexity index is 714. The summed E-state index contributed by atoms with van der Waals surface area (Å²) in [6.45, 7) is 2.86. The van der Waals surface area contributed by atoms with Gasteiger partial charge in [0.15, 0.2) is 0 Å². The summed E-state index contributed by atoms with van der Waals surface area (Å²) in [6, 6.07) is 27.6. The van der Waals surface area contributed by atoms with E-state index in [-0.39, 0.29) is 0 Å². The molecular formula is C21H21NO. The molecule has 0 bridgehead atoms. The monoisotopic (exact) mass is 303 g/mol. The van der Waals surface area contributed by atoms with Gasteiger partial charge >= 0.3 is 0 Å². The summed E-state index contributed by atoms with van der Waals surface area (Å²) < 4.78 is 0. The van der Waals surface area contributed by atoms with Gasteiger partial charge in [-0.25, -0.2) is 0 Å². The Morgan fingerprint density at radius 1 is 0.739 bits per heavy atom. The minimum Gasteiger partial charge on any atom is -0.385 e. The highest BCUT2D eigenvalue weighted by Crippen LogP contribution is 2.39. The zero-order valence-electron chi connectivity index (χ0n) is 13.2. The number of hydrogen-bond acceptors (Lipinski definition) is 2. The van der Waals surface area contributed by atoms with Crippen LogP contribution >= 0.6 is 0 Å². The van der Waals surface area contributed by atoms with E-state index in [1.165, 1.54) is 0 Å². The Labute approximate surface area is 137 Å². The van der Waals surface area contributed by atoms with Gasteiger partial charge in [0.05, 0.1) is 0 Å². The van der Waals surface area contributed by atoms with E-state index in [0.29, 0.717) is 0 Å². The second-order valence-corrected chi connectivity index (χ2v) is 5.52. The second-order valence-electron chi connectivity index (χ2n) is 5.52. The summed E-state index contributed by atoms with van der Waals surface area (Å²) in [4.78, 5) is 0. The van der Waals surface area contributed by atoms with Crippen LogP contribution in [0.3, 0.4) is 0 Å². The number of nitrogens with one attached hydrogen (secondary N) is 1. The van der Waals surface area contributed by atoms with Crippen molar-refractivity contribution in [3.63, 3.8) is 0 Å². The maximum Gasteiger partial charge on any atom is 0.142 e. The van der Waals surface area contributed by atoms with E-state index in [9.17, 15) is 5.11 Å². The number of aliphatic hydroxyl groups is 1. The maximum atomic E-state index is 11.8. The molecular weight excluding hydrogens is 282 g/mol. The number of hydrogen-bond donors (Lipinski definition) is 2. The summed E-state index contributed by atoms with van der Waals surface area (Å²) in [5.74, 6) is 0. The molecule has 0 saturated heterocycles. The van der Waals surface area contributed by atoms with Gasteiger partial charge in [-0.2, -0.15) is 0 Å². The van der Waals surface area contributed by atoms with Crippen LogP contribution in [-0.2, 0) is 5.60 Å². The lowest BCUT2D eigenvalue weighted by Crippen LogP contribution is -2.30. The van der Waals surface area contributed by atoms with Gasteiger partial charge < -0.3 is 10.4 Å². The third kappa shape index (κ3) is 2.86. The van der Waals surface area contributed by atoms with Crippen molar-refractivity contribution in [2.75, 3.05) is 11.9 Å². The summed E-state index contributed by atoms with van der Waals surface area (Å²) in [5, 5.41) is 15.2. The highest BCUT2D eigenvalue weighted by molar-refractivity contribution is 5.60. The molecule has 23 heavy (non-hydrogen) atoms. The highest BCUT2D eigenvalue weighted by Gasteiger charge is 2.35. The molecule has 0 aliphatic carbocycles. The lowest BCUT2D eigenvalue weighted by Gasteiger charge is -2.32. The Kier molecular flexibility index (Phi) is 4.45. The zero-order valence-corrected chi connectivity index (χ0v) is 13.2. The van der Waals surface area contributed by atoms with Gasteiger partial charge in [0.2, 0.25) is 0 Å². The van der Waals surface area contributed by atoms with Crippen LogP contribution in [0.25, 0.3) is 0 Å². The second kappa shape index (κ2) is 6.67. The van der Waals surface area contributed by atoms with Gasteiger partial charge in [-0.15, -0.1) is 0 Å². The van der Waals surface area contributed by atoms with Gasteiger partial charge in [0, 0.05) is 17.8 Å². The van der Waals surface area contributed by atoms with Crippen LogP contribution in [0, 0.1) is 0 Å². The highest BCUT2D eigenvalue weighted by atomic mass is 16.3. The molecule has 0 spiro atoms. The minimum atomic E-state index is -1.19. The molecule has 0 saturated carbocycles. The fourth-order valence-corrected chi connectivity index (χ4v) is 2.98. The van der Waals surface area contributed by atoms with Crippen molar-refractivity contribution in [3.8, 4) is 0 Å². The first-order valence-corrected chi connectivity index (χ1v) is 7.93. The molecule has 116 valence electrons. The fraction of sp³-hybridized carbons (Fsp3) is 0.143. The minimum absolute atomic E-state index is 0.802. The smallest absolute Gasteiger partial charge is 0.142 e. The quantitative estimate of drug-likeness (QED) is 0.685. The van der Waals surface area contributed by atoms with Crippen molar-refractivity contribution < 1.29 is 5.11 Å². The predicted octanol–water partition coefficient (Wildman–Crippen LogP) is 4.40. The first-order chi connectivity index (χ1) is 11.3. The number of benzene rings is 3. The van der Waals surface area contributed by atoms with Gasteiger partial charge in [0.1, 0.15) is 5.60 Å². The molecule has 0 aliphatic heterocycles. The Morgan fingerprint density at radius 2 is 1.22 bits per heavy atom. The van der Waals surface area contributed by atoms with Gasteiger partial charge in [-0.3, -0.25) is 0 Å². The predicted molar refractivity (Wildman–Crippen MR) is 95.6 cm³/mol. The summed E-state index contributed by atoms with van der Waals surface area (Å²) >= 11 is 0. The third-order valence-corrected chi connectivity index (χ3v) is 4.07. The van der Waals surface area contributed by atoms with Gasteiger partial charge in [0.25, 0.3) is 0 Å². The van der Waals surface area contributed by atoms with E-state index in [1.54, 1.807) is 0 Å². The average molecular weight is 303 g/mol. The molecule has 0 aliphatic rings. The molecule has 0 radical (unpaired) electrons. The van der Waals surface area contributed by atoms with Gasteiger partial charge in [-0.05, 0) is 24.1 Å². The van der Waals surface area contributed by atoms with E-state index < -0.39 is 5.60 Å². The summed E-state index contributed by atoms with van der Waals surface area (Å²) in [5.41, 5.74) is 2.33. The van der Waals surface area contributed by atoms with Crippen LogP contribution in [0.1, 0.15) is 23.6 Å². The van der Waals surface area contributed by atoms with Crippen molar-refractivity contribution in [2.45, 2.75) is 12.5 Å². The van der Waals surface area contributed by atoms with E-state index in [0.717, 1.165) is 28.9 Å². The maximum absolute atomic E-state index is 11.8. The largest absolute Gasteiger partial charge is 0.385 e. The van der Waals surface area contributed by atoms with E-state index >= 15 is 0 Å². The standard InChI is InChI=1S/C21H21NO/c1-2-22-20-16-10-9-15-19(20)21(23,17-11-5-3-6-12-17)18-13-7-4-8-14-18/h3-16,22-23H,2H2,1H3. The summed E-state index contributed by atoms with van der Waals surface area (Å²) in [7, 11) is 0. The van der Waals surface area contributed by atoms with E-state index in [2.05, 4.69) is 12.2 Å². The first-order valence-electron chi connectivity index (χ1n) is 7.93. The van der Waals surface area contributed by atoms with E-state index in [1.807, 2.05) is 84.9 Å². The molecule has 0 aromatic heterocycles. The number of para-hydroxylation sites is 1. The van der Waals surface area contributed by atoms with Crippen molar-refractivity contribution in [1.82, 2.24) is 0 Å². The Morgan fingerprint density at radius 3 is 1.74 bits per heavy atom. The van der Waals surface area contributed by atoms with Crippen molar-refractivity contribution in [1.29, 1.82) is 0 Å². The number of anilines is 1. The van der Waals surface area contributed by atoms with Crippen LogP contribution in [0.4, 0.5) is 5.69 Å². The van der Waals surface area contributed by atoms with Crippen LogP contribution in [0.2, 0.25) is 0 Å². The molecule has 0 amide bonds. The topological polar surface area (TPSA) is 32.3 Å². The normalized spacial score (nSPS) is 11.2. The summed E-state index contributed by atoms with van der Waals surface area (Å²) in [6.07, 6.45) is 0.